The van der Waals surface area contributed by atoms with Crippen LogP contribution in [0.5, 0.6) is 5.75 Å². The molecule has 2 unspecified atom stereocenters. The minimum atomic E-state index is -4.50. The summed E-state index contributed by atoms with van der Waals surface area (Å²) in [6.45, 7) is 10.4. The average Bonchev–Trinajstić information content (AvgIpc) is 3.57. The van der Waals surface area contributed by atoms with Crippen LogP contribution in [0.15, 0.2) is 117 Å². The van der Waals surface area contributed by atoms with Gasteiger partial charge < -0.3 is 23.9 Å². The minimum Gasteiger partial charge on any atom is -0.481 e. The third kappa shape index (κ3) is 12.6. The molecule has 6 rings (SSSR count). The Kier molecular flexibility index (Phi) is 15.3. The number of allylic oxidation sites excluding steroid dienone is 7. The zero-order chi connectivity index (χ0) is 51.1. The molecule has 0 bridgehead atoms. The molecule has 3 aromatic rings. The quantitative estimate of drug-likeness (QED) is 0.0511. The molecule has 372 valence electrons. The highest BCUT2D eigenvalue weighted by Crippen LogP contribution is 2.53. The molecule has 2 atom stereocenters. The topological polar surface area (TPSA) is 196 Å². The molecule has 0 fully saturated rings. The first kappa shape index (κ1) is 53.1. The lowest BCUT2D eigenvalue weighted by Crippen LogP contribution is -2.36. The van der Waals surface area contributed by atoms with Crippen LogP contribution in [0.1, 0.15) is 94.4 Å². The van der Waals surface area contributed by atoms with Gasteiger partial charge in [-0.15, -0.1) is 0 Å². The smallest absolute Gasteiger partial charge is 0.307 e. The molecule has 1 heterocycles. The van der Waals surface area contributed by atoms with E-state index in [-0.39, 0.29) is 35.0 Å². The highest BCUT2D eigenvalue weighted by molar-refractivity contribution is 7.86. The molecule has 0 amide bonds. The maximum absolute atomic E-state index is 13.1. The fourth-order valence-corrected chi connectivity index (χ4v) is 11.0. The molecular weight excluding hydrogens is 919 g/mol. The van der Waals surface area contributed by atoms with Gasteiger partial charge in [-0.25, -0.2) is 0 Å². The van der Waals surface area contributed by atoms with Gasteiger partial charge in [0.25, 0.3) is 20.2 Å². The minimum absolute atomic E-state index is 0.0331. The molecule has 2 aliphatic carbocycles. The number of hydrogen-bond acceptors (Lipinski definition) is 7. The van der Waals surface area contributed by atoms with Crippen molar-refractivity contribution in [2.24, 2.45) is 5.92 Å². The van der Waals surface area contributed by atoms with Crippen LogP contribution in [-0.4, -0.2) is 129 Å². The van der Waals surface area contributed by atoms with Gasteiger partial charge in [-0.1, -0.05) is 49.8 Å². The van der Waals surface area contributed by atoms with Crippen molar-refractivity contribution in [1.29, 1.82) is 0 Å². The molecule has 0 spiro atoms. The first-order valence-corrected chi connectivity index (χ1v) is 26.3. The maximum atomic E-state index is 13.1. The van der Waals surface area contributed by atoms with E-state index in [2.05, 4.69) is 46.9 Å². The van der Waals surface area contributed by atoms with Crippen LogP contribution in [0.3, 0.4) is 0 Å². The summed E-state index contributed by atoms with van der Waals surface area (Å²) >= 11 is 0. The van der Waals surface area contributed by atoms with E-state index in [1.807, 2.05) is 64.1 Å². The lowest BCUT2D eigenvalue weighted by molar-refractivity contribution is -0.871. The zero-order valence-electron chi connectivity index (χ0n) is 41.6. The van der Waals surface area contributed by atoms with Crippen LogP contribution in [-0.2, 0) is 47.1 Å². The summed E-state index contributed by atoms with van der Waals surface area (Å²) in [7, 11) is 3.76. The van der Waals surface area contributed by atoms with Gasteiger partial charge in [0.2, 0.25) is 5.69 Å². The Balaban J connectivity index is 1.54. The van der Waals surface area contributed by atoms with E-state index in [0.717, 1.165) is 80.5 Å². The molecule has 16 heteroatoms. The predicted molar refractivity (Wildman–Crippen MR) is 266 cm³/mol. The third-order valence-electron chi connectivity index (χ3n) is 13.7. The first-order valence-electron chi connectivity index (χ1n) is 23.4. The Labute approximate surface area is 408 Å². The van der Waals surface area contributed by atoms with Gasteiger partial charge in [0, 0.05) is 35.5 Å². The number of nitrogens with zero attached hydrogens (tertiary/aromatic N) is 3. The van der Waals surface area contributed by atoms with E-state index >= 15 is 0 Å². The second-order valence-electron chi connectivity index (χ2n) is 21.8. The van der Waals surface area contributed by atoms with Crippen molar-refractivity contribution in [2.75, 3.05) is 61.9 Å². The summed E-state index contributed by atoms with van der Waals surface area (Å²) in [6, 6.07) is 16.6. The summed E-state index contributed by atoms with van der Waals surface area (Å²) in [5, 5.41) is 20.0. The number of fused-ring (bicyclic) bond motifs is 2. The van der Waals surface area contributed by atoms with E-state index in [4.69, 9.17) is 4.74 Å². The van der Waals surface area contributed by atoms with Crippen molar-refractivity contribution in [3.05, 3.63) is 130 Å². The molecule has 4 N–H and O–H groups in total. The Morgan fingerprint density at radius 3 is 1.93 bits per heavy atom. The van der Waals surface area contributed by atoms with Crippen LogP contribution in [0, 0.1) is 5.92 Å². The Hall–Kier alpha value is -5.23. The Morgan fingerprint density at radius 1 is 0.754 bits per heavy atom. The van der Waals surface area contributed by atoms with E-state index in [1.54, 1.807) is 30.3 Å². The van der Waals surface area contributed by atoms with Crippen LogP contribution >= 0.6 is 0 Å². The number of aryl methyl sites for hydroxylation is 1. The van der Waals surface area contributed by atoms with Crippen LogP contribution in [0.25, 0.3) is 0 Å². The van der Waals surface area contributed by atoms with Gasteiger partial charge in [0.15, 0.2) is 12.3 Å². The maximum Gasteiger partial charge on any atom is 0.307 e. The standard InChI is InChI=1S/C53H67N3O11S2/c1-52(2)44(42(13-11-29-55(5,6)7)43-23-21-40(33-45(43)52)68(61,62)63)24-17-36-31-38(51(59)60)32-37(50(36)67-39-19-14-35(15-20-39)16-27-49(57)58)18-26-48-53(3,4)46-34-41(69(64,65)66)22-25-47(46)54(48)28-12-30-56(8,9)10/h14-15,17-26,33-34,38,42H,11-13,16,27-32H2,1-10H3,(H-3,57,58,59,60,61,62,63,64,65,66)/p+3/b26-18+,36-17+,44-24-. The van der Waals surface area contributed by atoms with Gasteiger partial charge in [-0.2, -0.15) is 21.4 Å². The normalized spacial score (nSPS) is 20.5. The number of carbonyl (C=O) groups is 2. The largest absolute Gasteiger partial charge is 0.481 e. The Bertz CT molecular complexity index is 2890. The van der Waals surface area contributed by atoms with Crippen molar-refractivity contribution < 1.29 is 64.0 Å². The van der Waals surface area contributed by atoms with E-state index < -0.39 is 48.9 Å². The zero-order valence-corrected chi connectivity index (χ0v) is 43.2. The molecule has 14 nitrogen and oxygen atoms in total. The van der Waals surface area contributed by atoms with E-state index in [1.165, 1.54) is 18.2 Å². The number of carboxylic acid groups (broad SMARTS) is 2. The molecular formula is C53H70N3O11S2+3. The molecule has 3 aliphatic rings. The van der Waals surface area contributed by atoms with E-state index in [0.29, 0.717) is 35.6 Å². The number of ether oxygens (including phenoxy) is 1. The average molecular weight is 989 g/mol. The summed E-state index contributed by atoms with van der Waals surface area (Å²) < 4.78 is 80.1. The SMILES string of the molecule is CC1(C)C(/C=C/C2=C(Oc3ccc(CCC(=O)O)cc3)C(=C/C=C3/C(CCC[N+](C)(C)C)c4ccc(S(=O)(=O)O)cc4C3(C)C)/CC(C(=O)O)C2)=[N+](CCC[N+](C)(C)C)c2ccc(S(=O)(=O)O)cc21. The number of carboxylic acids is 2. The Morgan fingerprint density at radius 2 is 1.35 bits per heavy atom. The second-order valence-corrected chi connectivity index (χ2v) is 24.7. The highest BCUT2D eigenvalue weighted by Gasteiger charge is 2.46. The highest BCUT2D eigenvalue weighted by atomic mass is 32.2. The molecule has 3 aromatic carbocycles. The molecule has 0 aromatic heterocycles. The second kappa shape index (κ2) is 19.9. The number of aliphatic carboxylic acids is 2. The molecule has 69 heavy (non-hydrogen) atoms. The van der Waals surface area contributed by atoms with Crippen molar-refractivity contribution in [3.63, 3.8) is 0 Å². The third-order valence-corrected chi connectivity index (χ3v) is 15.4. The van der Waals surface area contributed by atoms with Crippen molar-refractivity contribution >= 4 is 43.6 Å². The summed E-state index contributed by atoms with van der Waals surface area (Å²) in [6.07, 6.45) is 10.8. The number of hydrogen-bond donors (Lipinski definition) is 4. The van der Waals surface area contributed by atoms with Gasteiger partial charge in [0.1, 0.15) is 11.5 Å². The lowest BCUT2D eigenvalue weighted by atomic mass is 9.78. The summed E-state index contributed by atoms with van der Waals surface area (Å²) in [5.74, 6) is -1.90. The number of rotatable bonds is 19. The summed E-state index contributed by atoms with van der Waals surface area (Å²) in [5.41, 5.74) is 5.75. The van der Waals surface area contributed by atoms with Crippen LogP contribution in [0.2, 0.25) is 0 Å². The number of benzene rings is 3. The van der Waals surface area contributed by atoms with Gasteiger partial charge in [-0.05, 0) is 116 Å². The van der Waals surface area contributed by atoms with Crippen molar-refractivity contribution in [3.8, 4) is 5.75 Å². The van der Waals surface area contributed by atoms with Crippen LogP contribution in [0.4, 0.5) is 5.69 Å². The monoisotopic (exact) mass is 988 g/mol. The number of quaternary nitrogens is 2. The fraction of sp³-hybridized carbons (Fsp3) is 0.453. The molecule has 0 saturated heterocycles. The van der Waals surface area contributed by atoms with Gasteiger partial charge >= 0.3 is 11.9 Å². The molecule has 0 saturated carbocycles. The van der Waals surface area contributed by atoms with Gasteiger partial charge in [-0.3, -0.25) is 18.7 Å². The molecule has 1 aliphatic heterocycles. The van der Waals surface area contributed by atoms with E-state index in [9.17, 15) is 45.7 Å². The molecule has 0 radical (unpaired) electrons. The van der Waals surface area contributed by atoms with Gasteiger partial charge in [0.05, 0.1) is 82.9 Å². The van der Waals surface area contributed by atoms with Crippen molar-refractivity contribution in [2.45, 2.75) is 99.2 Å². The summed E-state index contributed by atoms with van der Waals surface area (Å²) in [4.78, 5) is 24.0. The first-order chi connectivity index (χ1) is 31.9. The van der Waals surface area contributed by atoms with Crippen LogP contribution < -0.4 is 4.74 Å². The predicted octanol–water partition coefficient (Wildman–Crippen LogP) is 8.47. The lowest BCUT2D eigenvalue weighted by Gasteiger charge is -2.28. The van der Waals surface area contributed by atoms with Crippen molar-refractivity contribution in [1.82, 2.24) is 0 Å². The fourth-order valence-electron chi connectivity index (χ4n) is 10.0.